The highest BCUT2D eigenvalue weighted by atomic mass is 79.9. The molecule has 4 aromatic rings. The van der Waals surface area contributed by atoms with Gasteiger partial charge in [0, 0.05) is 45.7 Å². The second-order valence-corrected chi connectivity index (χ2v) is 10.5. The van der Waals surface area contributed by atoms with Crippen molar-refractivity contribution in [3.8, 4) is 21.9 Å². The van der Waals surface area contributed by atoms with Crippen LogP contribution in [-0.2, 0) is 4.79 Å². The van der Waals surface area contributed by atoms with Crippen molar-refractivity contribution in [3.63, 3.8) is 0 Å². The first-order chi connectivity index (χ1) is 16.4. The van der Waals surface area contributed by atoms with Gasteiger partial charge in [0.1, 0.15) is 17.7 Å². The molecule has 0 saturated carbocycles. The van der Waals surface area contributed by atoms with Gasteiger partial charge in [-0.15, -0.1) is 11.3 Å². The maximum Gasteiger partial charge on any atom is 0.153 e. The lowest BCUT2D eigenvalue weighted by molar-refractivity contribution is -0.111. The summed E-state index contributed by atoms with van der Waals surface area (Å²) >= 11 is 5.05. The zero-order valence-electron chi connectivity index (χ0n) is 18.5. The van der Waals surface area contributed by atoms with Crippen LogP contribution in [0, 0.1) is 24.5 Å². The van der Waals surface area contributed by atoms with E-state index >= 15 is 8.78 Å². The maximum atomic E-state index is 15.1. The molecule has 0 aliphatic carbocycles. The number of halogens is 3. The largest absolute Gasteiger partial charge is 0.455 e. The molecule has 0 amide bonds. The Kier molecular flexibility index (Phi) is 6.40. The van der Waals surface area contributed by atoms with E-state index in [9.17, 15) is 4.79 Å². The number of anilines is 1. The smallest absolute Gasteiger partial charge is 0.153 e. The topological polar surface area (TPSA) is 29.5 Å². The molecule has 0 bridgehead atoms. The Morgan fingerprint density at radius 3 is 2.35 bits per heavy atom. The van der Waals surface area contributed by atoms with Gasteiger partial charge in [0.15, 0.2) is 17.4 Å². The Morgan fingerprint density at radius 1 is 1.03 bits per heavy atom. The van der Waals surface area contributed by atoms with Crippen molar-refractivity contribution >= 4 is 49.3 Å². The molecule has 0 atom stereocenters. The summed E-state index contributed by atoms with van der Waals surface area (Å²) in [7, 11) is 0. The lowest BCUT2D eigenvalue weighted by Crippen LogP contribution is -2.35. The molecule has 1 saturated heterocycles. The molecule has 1 aliphatic rings. The van der Waals surface area contributed by atoms with Crippen LogP contribution in [0.15, 0.2) is 59.1 Å². The molecule has 7 heteroatoms. The van der Waals surface area contributed by atoms with Crippen LogP contribution in [0.5, 0.6) is 11.5 Å². The molecule has 1 fully saturated rings. The average molecular weight is 542 g/mol. The quantitative estimate of drug-likeness (QED) is 0.239. The van der Waals surface area contributed by atoms with E-state index in [0.717, 1.165) is 36.8 Å². The predicted octanol–water partition coefficient (Wildman–Crippen LogP) is 8.13. The van der Waals surface area contributed by atoms with Crippen LogP contribution in [0.1, 0.15) is 18.4 Å². The number of nitrogens with zero attached hydrogens (tertiary/aromatic N) is 1. The number of thiophene rings is 1. The number of benzene rings is 3. The van der Waals surface area contributed by atoms with E-state index < -0.39 is 11.6 Å². The standard InChI is InChI=1S/C27H22BrF2NO2S/c1-16-2-7-21-24(12-16)34-27(18-3-5-19(28)6-4-18)26(21)33-20-13-22(29)25(23(30)14-20)31-10-8-17(15-32)9-11-31/h2-7,12-15,17H,8-11H2,1H3. The number of carbonyl (C=O) groups excluding carboxylic acids is 1. The van der Waals surface area contributed by atoms with Gasteiger partial charge in [-0.3, -0.25) is 0 Å². The summed E-state index contributed by atoms with van der Waals surface area (Å²) in [5.74, 6) is -0.682. The van der Waals surface area contributed by atoms with Crippen LogP contribution in [0.2, 0.25) is 0 Å². The summed E-state index contributed by atoms with van der Waals surface area (Å²) < 4.78 is 38.4. The molecule has 2 heterocycles. The average Bonchev–Trinajstić information content (AvgIpc) is 3.16. The Balaban J connectivity index is 1.52. The molecular formula is C27H22BrF2NO2S. The number of hydrogen-bond acceptors (Lipinski definition) is 4. The van der Waals surface area contributed by atoms with Gasteiger partial charge in [-0.05, 0) is 55.2 Å². The molecule has 1 aromatic heterocycles. The van der Waals surface area contributed by atoms with Gasteiger partial charge < -0.3 is 14.4 Å². The first kappa shape index (κ1) is 23.0. The predicted molar refractivity (Wildman–Crippen MR) is 137 cm³/mol. The van der Waals surface area contributed by atoms with Crippen LogP contribution in [0.4, 0.5) is 14.5 Å². The van der Waals surface area contributed by atoms with Crippen LogP contribution in [-0.4, -0.2) is 19.4 Å². The molecule has 174 valence electrons. The highest BCUT2D eigenvalue weighted by Gasteiger charge is 2.25. The minimum atomic E-state index is -0.667. The van der Waals surface area contributed by atoms with Crippen LogP contribution in [0.3, 0.4) is 0 Å². The number of hydrogen-bond donors (Lipinski definition) is 0. The first-order valence-electron chi connectivity index (χ1n) is 11.1. The van der Waals surface area contributed by atoms with E-state index in [2.05, 4.69) is 22.0 Å². The number of aryl methyl sites for hydroxylation is 1. The Morgan fingerprint density at radius 2 is 1.71 bits per heavy atom. The van der Waals surface area contributed by atoms with E-state index in [0.29, 0.717) is 31.7 Å². The van der Waals surface area contributed by atoms with Gasteiger partial charge >= 0.3 is 0 Å². The lowest BCUT2D eigenvalue weighted by atomic mass is 9.98. The van der Waals surface area contributed by atoms with Gasteiger partial charge in [0.2, 0.25) is 0 Å². The molecule has 0 unspecified atom stereocenters. The first-order valence-corrected chi connectivity index (χ1v) is 12.7. The minimum absolute atomic E-state index is 0.0440. The summed E-state index contributed by atoms with van der Waals surface area (Å²) in [4.78, 5) is 13.6. The zero-order chi connectivity index (χ0) is 23.8. The van der Waals surface area contributed by atoms with Gasteiger partial charge in [0.25, 0.3) is 0 Å². The Labute approximate surface area is 209 Å². The van der Waals surface area contributed by atoms with Crippen molar-refractivity contribution < 1.29 is 18.3 Å². The summed E-state index contributed by atoms with van der Waals surface area (Å²) in [6, 6.07) is 16.4. The second-order valence-electron chi connectivity index (χ2n) is 8.56. The summed E-state index contributed by atoms with van der Waals surface area (Å²) in [6.45, 7) is 2.92. The third-order valence-corrected chi connectivity index (χ3v) is 7.88. The summed E-state index contributed by atoms with van der Waals surface area (Å²) in [6.07, 6.45) is 2.12. The summed E-state index contributed by atoms with van der Waals surface area (Å²) in [5, 5.41) is 0.898. The third kappa shape index (κ3) is 4.46. The van der Waals surface area contributed by atoms with E-state index in [-0.39, 0.29) is 17.4 Å². The number of piperidine rings is 1. The highest BCUT2D eigenvalue weighted by molar-refractivity contribution is 9.10. The van der Waals surface area contributed by atoms with E-state index in [1.165, 1.54) is 12.1 Å². The van der Waals surface area contributed by atoms with Gasteiger partial charge in [-0.25, -0.2) is 8.78 Å². The molecule has 34 heavy (non-hydrogen) atoms. The van der Waals surface area contributed by atoms with Crippen LogP contribution >= 0.6 is 27.3 Å². The SMILES string of the molecule is Cc1ccc2c(Oc3cc(F)c(N4CCC(C=O)CC4)c(F)c3)c(-c3ccc(Br)cc3)sc2c1. The van der Waals surface area contributed by atoms with E-state index in [4.69, 9.17) is 4.74 Å². The van der Waals surface area contributed by atoms with Gasteiger partial charge in [0.05, 0.1) is 4.88 Å². The van der Waals surface area contributed by atoms with Gasteiger partial charge in [-0.2, -0.15) is 0 Å². The Hall–Kier alpha value is -2.77. The highest BCUT2D eigenvalue weighted by Crippen LogP contribution is 2.47. The molecule has 0 spiro atoms. The molecule has 3 aromatic carbocycles. The minimum Gasteiger partial charge on any atom is -0.455 e. The third-order valence-electron chi connectivity index (χ3n) is 6.17. The van der Waals surface area contributed by atoms with Crippen molar-refractivity contribution in [2.24, 2.45) is 5.92 Å². The van der Waals surface area contributed by atoms with Crippen LogP contribution in [0.25, 0.3) is 20.5 Å². The fourth-order valence-electron chi connectivity index (χ4n) is 4.35. The molecular weight excluding hydrogens is 520 g/mol. The maximum absolute atomic E-state index is 15.1. The van der Waals surface area contributed by atoms with E-state index in [1.54, 1.807) is 16.2 Å². The molecule has 3 nitrogen and oxygen atoms in total. The lowest BCUT2D eigenvalue weighted by Gasteiger charge is -2.32. The number of rotatable bonds is 5. The van der Waals surface area contributed by atoms with Crippen molar-refractivity contribution in [1.82, 2.24) is 0 Å². The van der Waals surface area contributed by atoms with Crippen molar-refractivity contribution in [2.45, 2.75) is 19.8 Å². The summed E-state index contributed by atoms with van der Waals surface area (Å²) in [5.41, 5.74) is 2.03. The molecule has 5 rings (SSSR count). The van der Waals surface area contributed by atoms with Crippen molar-refractivity contribution in [1.29, 1.82) is 0 Å². The van der Waals surface area contributed by atoms with E-state index in [1.807, 2.05) is 43.3 Å². The number of ether oxygens (including phenoxy) is 1. The fourth-order valence-corrected chi connectivity index (χ4v) is 5.85. The second kappa shape index (κ2) is 9.47. The number of aldehydes is 1. The number of carbonyl (C=O) groups is 1. The number of fused-ring (bicyclic) bond motifs is 1. The molecule has 0 radical (unpaired) electrons. The Bertz CT molecular complexity index is 1340. The fraction of sp³-hybridized carbons (Fsp3) is 0.222. The molecule has 1 aliphatic heterocycles. The van der Waals surface area contributed by atoms with Crippen molar-refractivity contribution in [2.75, 3.05) is 18.0 Å². The zero-order valence-corrected chi connectivity index (χ0v) is 20.9. The monoisotopic (exact) mass is 541 g/mol. The van der Waals surface area contributed by atoms with Crippen molar-refractivity contribution in [3.05, 3.63) is 76.3 Å². The van der Waals surface area contributed by atoms with Crippen LogP contribution < -0.4 is 9.64 Å². The van der Waals surface area contributed by atoms with Gasteiger partial charge in [-0.1, -0.05) is 34.1 Å². The molecule has 0 N–H and O–H groups in total. The normalized spacial score (nSPS) is 14.5.